The van der Waals surface area contributed by atoms with Gasteiger partial charge in [0.25, 0.3) is 5.69 Å². The van der Waals surface area contributed by atoms with Crippen molar-refractivity contribution in [3.63, 3.8) is 0 Å². The van der Waals surface area contributed by atoms with Crippen molar-refractivity contribution < 1.29 is 4.92 Å². The summed E-state index contributed by atoms with van der Waals surface area (Å²) in [4.78, 5) is 10.0. The van der Waals surface area contributed by atoms with Crippen molar-refractivity contribution in [2.24, 2.45) is 0 Å². The van der Waals surface area contributed by atoms with Crippen LogP contribution in [0, 0.1) is 19.8 Å². The van der Waals surface area contributed by atoms with Gasteiger partial charge in [-0.25, -0.2) is 0 Å². The molecule has 0 amide bonds. The smallest absolute Gasteiger partial charge is 0.258 e. The quantitative estimate of drug-likeness (QED) is 0.472. The molecule has 0 spiro atoms. The van der Waals surface area contributed by atoms with E-state index in [1.807, 2.05) is 22.6 Å². The zero-order valence-corrected chi connectivity index (χ0v) is 8.24. The number of nitro groups is 1. The highest BCUT2D eigenvalue weighted by Crippen LogP contribution is 2.21. The summed E-state index contributed by atoms with van der Waals surface area (Å²) >= 11 is 1.92. The maximum atomic E-state index is 10.4. The summed E-state index contributed by atoms with van der Waals surface area (Å²) in [6.07, 6.45) is 2.59. The van der Waals surface area contributed by atoms with Gasteiger partial charge in [0.2, 0.25) is 0 Å². The molecule has 1 aromatic carbocycles. The van der Waals surface area contributed by atoms with Crippen LogP contribution in [-0.2, 0) is 0 Å². The lowest BCUT2D eigenvalue weighted by Gasteiger charge is -1.95. The van der Waals surface area contributed by atoms with Crippen LogP contribution in [0.2, 0.25) is 0 Å². The highest BCUT2D eigenvalue weighted by atomic mass is 127. The Morgan fingerprint density at radius 1 is 1.58 bits per heavy atom. The van der Waals surface area contributed by atoms with Crippen LogP contribution >= 0.6 is 22.6 Å². The Hall–Kier alpha value is -0.910. The fraction of sp³-hybridized carbons (Fsp3) is 0. The van der Waals surface area contributed by atoms with Gasteiger partial charge in [-0.3, -0.25) is 10.1 Å². The fourth-order valence-corrected chi connectivity index (χ4v) is 1.29. The molecule has 0 bridgehead atoms. The van der Waals surface area contributed by atoms with E-state index in [1.165, 1.54) is 6.07 Å². The van der Waals surface area contributed by atoms with Crippen molar-refractivity contribution in [2.75, 3.05) is 0 Å². The molecule has 0 saturated carbocycles. The number of hydrogen-bond donors (Lipinski definition) is 0. The van der Waals surface area contributed by atoms with Crippen molar-refractivity contribution in [1.82, 2.24) is 0 Å². The van der Waals surface area contributed by atoms with Crippen LogP contribution in [0.25, 0.3) is 0 Å². The first-order valence-corrected chi connectivity index (χ1v) is 4.20. The average molecular weight is 274 g/mol. The van der Waals surface area contributed by atoms with Crippen LogP contribution in [0.4, 0.5) is 5.69 Å². The summed E-state index contributed by atoms with van der Waals surface area (Å²) in [5, 5.41) is 10.4. The van der Waals surface area contributed by atoms with Crippen molar-refractivity contribution in [3.8, 4) is 0 Å². The van der Waals surface area contributed by atoms with Crippen LogP contribution in [0.15, 0.2) is 24.8 Å². The molecule has 1 radical (unpaired) electrons. The molecule has 0 aliphatic rings. The van der Waals surface area contributed by atoms with E-state index in [-0.39, 0.29) is 5.69 Å². The molecule has 0 saturated heterocycles. The Balaban J connectivity index is 3.25. The Labute approximate surface area is 83.4 Å². The summed E-state index contributed by atoms with van der Waals surface area (Å²) in [6.45, 7) is 3.41. The Morgan fingerprint density at radius 3 is 2.75 bits per heavy atom. The minimum atomic E-state index is -0.414. The second kappa shape index (κ2) is 3.66. The summed E-state index contributed by atoms with van der Waals surface area (Å²) in [5.41, 5.74) is 0.742. The second-order valence-corrected chi connectivity index (χ2v) is 3.26. The molecule has 0 atom stereocenters. The first-order valence-electron chi connectivity index (χ1n) is 3.12. The van der Waals surface area contributed by atoms with Crippen molar-refractivity contribution in [1.29, 1.82) is 0 Å². The molecule has 0 aromatic heterocycles. The van der Waals surface area contributed by atoms with Crippen LogP contribution in [0.1, 0.15) is 5.56 Å². The summed E-state index contributed by atoms with van der Waals surface area (Å²) in [5.74, 6) is 0. The van der Waals surface area contributed by atoms with Gasteiger partial charge in [0.15, 0.2) is 0 Å². The third-order valence-electron chi connectivity index (χ3n) is 1.35. The SMILES string of the molecule is C=[C]c1ccc(I)c([N+](=O)[O-])c1. The molecule has 12 heavy (non-hydrogen) atoms. The van der Waals surface area contributed by atoms with Crippen molar-refractivity contribution in [3.05, 3.63) is 50.1 Å². The fourth-order valence-electron chi connectivity index (χ4n) is 0.763. The van der Waals surface area contributed by atoms with Gasteiger partial charge < -0.3 is 0 Å². The van der Waals surface area contributed by atoms with Crippen molar-refractivity contribution in [2.45, 2.75) is 0 Å². The van der Waals surface area contributed by atoms with E-state index in [0.717, 1.165) is 0 Å². The topological polar surface area (TPSA) is 43.1 Å². The summed E-state index contributed by atoms with van der Waals surface area (Å²) in [7, 11) is 0. The van der Waals surface area contributed by atoms with Crippen LogP contribution in [-0.4, -0.2) is 4.92 Å². The number of nitro benzene ring substituents is 1. The molecule has 3 nitrogen and oxygen atoms in total. The molecule has 1 rings (SSSR count). The van der Waals surface area contributed by atoms with Crippen molar-refractivity contribution >= 4 is 28.3 Å². The molecule has 0 unspecified atom stereocenters. The van der Waals surface area contributed by atoms with E-state index in [1.54, 1.807) is 12.1 Å². The predicted molar refractivity (Wildman–Crippen MR) is 53.8 cm³/mol. The molecule has 0 aliphatic carbocycles. The normalized spacial score (nSPS) is 9.42. The molecule has 61 valence electrons. The number of benzene rings is 1. The van der Waals surface area contributed by atoms with Crippen LogP contribution in [0.3, 0.4) is 0 Å². The molecular weight excluding hydrogens is 269 g/mol. The van der Waals surface area contributed by atoms with Gasteiger partial charge in [-0.1, -0.05) is 12.6 Å². The highest BCUT2D eigenvalue weighted by Gasteiger charge is 2.10. The van der Waals surface area contributed by atoms with Gasteiger partial charge in [-0.2, -0.15) is 0 Å². The molecular formula is C8H5INO2. The van der Waals surface area contributed by atoms with Gasteiger partial charge >= 0.3 is 0 Å². The van der Waals surface area contributed by atoms with Gasteiger partial charge in [0.1, 0.15) is 0 Å². The molecule has 0 aliphatic heterocycles. The van der Waals surface area contributed by atoms with E-state index in [9.17, 15) is 10.1 Å². The minimum Gasteiger partial charge on any atom is -0.258 e. The zero-order valence-electron chi connectivity index (χ0n) is 6.08. The van der Waals surface area contributed by atoms with Gasteiger partial charge in [-0.15, -0.1) is 0 Å². The highest BCUT2D eigenvalue weighted by molar-refractivity contribution is 14.1. The Bertz CT molecular complexity index is 336. The molecule has 4 heteroatoms. The number of hydrogen-bond acceptors (Lipinski definition) is 2. The lowest BCUT2D eigenvalue weighted by Crippen LogP contribution is -1.91. The number of halogens is 1. The minimum absolute atomic E-state index is 0.101. The van der Waals surface area contributed by atoms with E-state index in [2.05, 4.69) is 12.7 Å². The maximum absolute atomic E-state index is 10.4. The third-order valence-corrected chi connectivity index (χ3v) is 2.26. The zero-order chi connectivity index (χ0) is 9.14. The van der Waals surface area contributed by atoms with E-state index in [0.29, 0.717) is 9.13 Å². The molecule has 0 N–H and O–H groups in total. The van der Waals surface area contributed by atoms with Gasteiger partial charge in [-0.05, 0) is 40.3 Å². The first kappa shape index (κ1) is 9.18. The van der Waals surface area contributed by atoms with E-state index < -0.39 is 4.92 Å². The summed E-state index contributed by atoms with van der Waals surface area (Å²) < 4.78 is 0.622. The second-order valence-electron chi connectivity index (χ2n) is 2.10. The maximum Gasteiger partial charge on any atom is 0.283 e. The monoisotopic (exact) mass is 274 g/mol. The van der Waals surface area contributed by atoms with Crippen LogP contribution in [0.5, 0.6) is 0 Å². The number of nitrogens with zero attached hydrogens (tertiary/aromatic N) is 1. The van der Waals surface area contributed by atoms with Gasteiger partial charge in [0.05, 0.1) is 8.49 Å². The Morgan fingerprint density at radius 2 is 2.25 bits per heavy atom. The first-order chi connectivity index (χ1) is 5.65. The summed E-state index contributed by atoms with van der Waals surface area (Å²) in [6, 6.07) is 4.86. The average Bonchev–Trinajstić information content (AvgIpc) is 2.05. The molecule has 0 heterocycles. The lowest BCUT2D eigenvalue weighted by atomic mass is 10.2. The van der Waals surface area contributed by atoms with E-state index in [4.69, 9.17) is 0 Å². The lowest BCUT2D eigenvalue weighted by molar-refractivity contribution is -0.385. The third kappa shape index (κ3) is 1.82. The van der Waals surface area contributed by atoms with Gasteiger partial charge in [0, 0.05) is 6.07 Å². The van der Waals surface area contributed by atoms with E-state index >= 15 is 0 Å². The van der Waals surface area contributed by atoms with Crippen LogP contribution < -0.4 is 0 Å². The molecule has 0 fully saturated rings. The largest absolute Gasteiger partial charge is 0.283 e. The molecule has 1 aromatic rings. The Kier molecular flexibility index (Phi) is 2.80. The predicted octanol–water partition coefficient (Wildman–Crippen LogP) is 2.54. The standard InChI is InChI=1S/C8H5INO2/c1-2-6-3-4-7(9)8(5-6)10(11)12/h3-5H,1H2. The number of rotatable bonds is 2.